The summed E-state index contributed by atoms with van der Waals surface area (Å²) in [6.45, 7) is 0. The van der Waals surface area contributed by atoms with Crippen LogP contribution in [-0.4, -0.2) is 37.6 Å². The van der Waals surface area contributed by atoms with E-state index in [1.54, 1.807) is 30.3 Å². The lowest BCUT2D eigenvalue weighted by molar-refractivity contribution is -0.384. The number of nitro benzene ring substituents is 1. The molecule has 4 N–H and O–H groups in total. The molecule has 2 rings (SSSR count). The molecular formula is C19H21N2O8P. The van der Waals surface area contributed by atoms with Gasteiger partial charge in [0.05, 0.1) is 22.5 Å². The number of non-ortho nitro benzene ring substituents is 1. The number of carbonyl (C=O) groups is 2. The zero-order chi connectivity index (χ0) is 22.3. The average Bonchev–Trinajstić information content (AvgIpc) is 2.70. The highest BCUT2D eigenvalue weighted by Crippen LogP contribution is 2.42. The minimum absolute atomic E-state index is 0.144. The maximum atomic E-state index is 12.3. The Kier molecular flexibility index (Phi) is 8.08. The molecule has 0 fully saturated rings. The van der Waals surface area contributed by atoms with Gasteiger partial charge in [0.15, 0.2) is 8.03 Å². The SMILES string of the molecule is O=C(O)CCC(C(=O)O)C(C(Nc1ccc([N+](=O)[O-])cc1)c1ccccc1)[PH](=O)O. The molecule has 0 aliphatic heterocycles. The van der Waals surface area contributed by atoms with Gasteiger partial charge < -0.3 is 20.4 Å². The molecule has 10 nitrogen and oxygen atoms in total. The van der Waals surface area contributed by atoms with Gasteiger partial charge in [-0.15, -0.1) is 0 Å². The first kappa shape index (κ1) is 23.1. The number of carboxylic acid groups (broad SMARTS) is 2. The molecule has 0 saturated heterocycles. The van der Waals surface area contributed by atoms with E-state index in [1.165, 1.54) is 24.3 Å². The van der Waals surface area contributed by atoms with Crippen LogP contribution in [0.5, 0.6) is 0 Å². The van der Waals surface area contributed by atoms with Gasteiger partial charge in [0.1, 0.15) is 0 Å². The van der Waals surface area contributed by atoms with Crippen molar-refractivity contribution in [1.82, 2.24) is 0 Å². The first-order valence-corrected chi connectivity index (χ1v) is 10.4. The van der Waals surface area contributed by atoms with E-state index in [0.29, 0.717) is 11.3 Å². The van der Waals surface area contributed by atoms with E-state index in [2.05, 4.69) is 5.32 Å². The minimum Gasteiger partial charge on any atom is -0.481 e. The monoisotopic (exact) mass is 436 g/mol. The van der Waals surface area contributed by atoms with E-state index in [0.717, 1.165) is 0 Å². The highest BCUT2D eigenvalue weighted by atomic mass is 31.1. The fourth-order valence-corrected chi connectivity index (χ4v) is 4.40. The van der Waals surface area contributed by atoms with Crippen LogP contribution in [0.2, 0.25) is 0 Å². The molecule has 0 aliphatic carbocycles. The van der Waals surface area contributed by atoms with Gasteiger partial charge >= 0.3 is 11.9 Å². The summed E-state index contributed by atoms with van der Waals surface area (Å²) in [6.07, 6.45) is -0.792. The van der Waals surface area contributed by atoms with E-state index in [-0.39, 0.29) is 12.1 Å². The van der Waals surface area contributed by atoms with Crippen molar-refractivity contribution in [3.8, 4) is 0 Å². The topological polar surface area (TPSA) is 167 Å². The van der Waals surface area contributed by atoms with Gasteiger partial charge in [-0.2, -0.15) is 0 Å². The minimum atomic E-state index is -3.44. The zero-order valence-electron chi connectivity index (χ0n) is 15.7. The van der Waals surface area contributed by atoms with Crippen molar-refractivity contribution in [2.45, 2.75) is 24.5 Å². The van der Waals surface area contributed by atoms with Crippen LogP contribution in [0.25, 0.3) is 0 Å². The molecule has 11 heteroatoms. The van der Waals surface area contributed by atoms with Crippen molar-refractivity contribution in [3.63, 3.8) is 0 Å². The maximum Gasteiger partial charge on any atom is 0.307 e. The molecule has 4 atom stereocenters. The number of benzene rings is 2. The van der Waals surface area contributed by atoms with Gasteiger partial charge in [0.25, 0.3) is 5.69 Å². The third-order valence-electron chi connectivity index (χ3n) is 4.62. The van der Waals surface area contributed by atoms with Crippen molar-refractivity contribution < 1.29 is 34.2 Å². The highest BCUT2D eigenvalue weighted by Gasteiger charge is 2.39. The Morgan fingerprint density at radius 3 is 2.13 bits per heavy atom. The Morgan fingerprint density at radius 2 is 1.67 bits per heavy atom. The van der Waals surface area contributed by atoms with Gasteiger partial charge in [-0.05, 0) is 24.1 Å². The standard InChI is InChI=1S/C19H21N2O8P/c22-16(23)11-10-15(19(24)25)18(30(28)29)17(12-4-2-1-3-5-12)20-13-6-8-14(9-7-13)21(26)27/h1-9,15,17-18,20,30H,10-11H2,(H,22,23)(H,24,25)(H,28,29). The molecular weight excluding hydrogens is 415 g/mol. The number of nitrogens with zero attached hydrogens (tertiary/aromatic N) is 1. The van der Waals surface area contributed by atoms with Crippen LogP contribution in [0, 0.1) is 16.0 Å². The lowest BCUT2D eigenvalue weighted by atomic mass is 9.90. The molecule has 0 radical (unpaired) electrons. The fraction of sp³-hybridized carbons (Fsp3) is 0.263. The van der Waals surface area contributed by atoms with Gasteiger partial charge in [0.2, 0.25) is 0 Å². The van der Waals surface area contributed by atoms with Gasteiger partial charge in [-0.3, -0.25) is 24.3 Å². The van der Waals surface area contributed by atoms with Crippen LogP contribution in [-0.2, 0) is 14.2 Å². The van der Waals surface area contributed by atoms with Crippen LogP contribution >= 0.6 is 8.03 Å². The van der Waals surface area contributed by atoms with E-state index in [9.17, 15) is 34.3 Å². The van der Waals surface area contributed by atoms with E-state index in [4.69, 9.17) is 5.11 Å². The summed E-state index contributed by atoms with van der Waals surface area (Å²) in [7, 11) is -3.44. The number of hydrogen-bond acceptors (Lipinski definition) is 6. The molecule has 0 saturated carbocycles. The Balaban J connectivity index is 2.46. The molecule has 2 aromatic carbocycles. The van der Waals surface area contributed by atoms with Crippen LogP contribution in [0.15, 0.2) is 54.6 Å². The Hall–Kier alpha value is -3.23. The average molecular weight is 436 g/mol. The summed E-state index contributed by atoms with van der Waals surface area (Å²) in [5.41, 5.74) is -0.557. The molecule has 0 spiro atoms. The summed E-state index contributed by atoms with van der Waals surface area (Å²) in [5, 5.41) is 32.4. The molecule has 4 unspecified atom stereocenters. The Morgan fingerprint density at radius 1 is 1.07 bits per heavy atom. The normalized spacial score (nSPS) is 14.8. The van der Waals surface area contributed by atoms with Crippen molar-refractivity contribution in [2.24, 2.45) is 5.92 Å². The summed E-state index contributed by atoms with van der Waals surface area (Å²) in [5.74, 6) is -3.98. The lowest BCUT2D eigenvalue weighted by Gasteiger charge is -2.31. The van der Waals surface area contributed by atoms with Gasteiger partial charge in [-0.1, -0.05) is 30.3 Å². The molecule has 0 heterocycles. The smallest absolute Gasteiger partial charge is 0.307 e. The number of nitrogens with one attached hydrogen (secondary N) is 1. The Labute approximate surface area is 172 Å². The maximum absolute atomic E-state index is 12.3. The third-order valence-corrected chi connectivity index (χ3v) is 5.93. The number of hydrogen-bond donors (Lipinski definition) is 4. The molecule has 30 heavy (non-hydrogen) atoms. The molecule has 0 aliphatic rings. The number of carboxylic acids is 2. The van der Waals surface area contributed by atoms with E-state index < -0.39 is 48.9 Å². The number of rotatable bonds is 11. The van der Waals surface area contributed by atoms with E-state index in [1.807, 2.05) is 0 Å². The molecule has 0 bridgehead atoms. The van der Waals surface area contributed by atoms with Crippen molar-refractivity contribution >= 4 is 31.3 Å². The number of anilines is 1. The van der Waals surface area contributed by atoms with Crippen LogP contribution in [0.3, 0.4) is 0 Å². The fourth-order valence-electron chi connectivity index (χ4n) is 3.18. The van der Waals surface area contributed by atoms with Crippen molar-refractivity contribution in [3.05, 3.63) is 70.3 Å². The third kappa shape index (κ3) is 6.13. The van der Waals surface area contributed by atoms with Crippen LogP contribution in [0.1, 0.15) is 24.4 Å². The predicted molar refractivity (Wildman–Crippen MR) is 109 cm³/mol. The largest absolute Gasteiger partial charge is 0.481 e. The van der Waals surface area contributed by atoms with E-state index >= 15 is 0 Å². The molecule has 2 aromatic rings. The highest BCUT2D eigenvalue weighted by molar-refractivity contribution is 7.39. The van der Waals surface area contributed by atoms with Crippen LogP contribution < -0.4 is 5.32 Å². The summed E-state index contributed by atoms with van der Waals surface area (Å²) >= 11 is 0. The zero-order valence-corrected chi connectivity index (χ0v) is 16.7. The number of nitro groups is 1. The second-order valence-corrected chi connectivity index (χ2v) is 7.92. The van der Waals surface area contributed by atoms with Gasteiger partial charge in [0, 0.05) is 24.2 Å². The quantitative estimate of drug-likeness (QED) is 0.235. The first-order valence-electron chi connectivity index (χ1n) is 8.94. The molecule has 160 valence electrons. The van der Waals surface area contributed by atoms with Crippen LogP contribution in [0.4, 0.5) is 11.4 Å². The van der Waals surface area contributed by atoms with Crippen molar-refractivity contribution in [2.75, 3.05) is 5.32 Å². The van der Waals surface area contributed by atoms with Gasteiger partial charge in [-0.25, -0.2) is 0 Å². The number of aliphatic carboxylic acids is 2. The molecule has 0 amide bonds. The second-order valence-electron chi connectivity index (χ2n) is 6.58. The summed E-state index contributed by atoms with van der Waals surface area (Å²) in [4.78, 5) is 43.1. The molecule has 0 aromatic heterocycles. The second kappa shape index (κ2) is 10.5. The predicted octanol–water partition coefficient (Wildman–Crippen LogP) is 3.15. The van der Waals surface area contributed by atoms with Crippen molar-refractivity contribution in [1.29, 1.82) is 0 Å². The Bertz CT molecular complexity index is 920. The summed E-state index contributed by atoms with van der Waals surface area (Å²) < 4.78 is 12.3. The summed E-state index contributed by atoms with van der Waals surface area (Å²) in [6, 6.07) is 12.8. The lowest BCUT2D eigenvalue weighted by Crippen LogP contribution is -2.35. The first-order chi connectivity index (χ1) is 14.2.